The third-order valence-corrected chi connectivity index (χ3v) is 8.83. The average Bonchev–Trinajstić information content (AvgIpc) is 3.24. The number of hydroxylamine groups is 1. The van der Waals surface area contributed by atoms with Gasteiger partial charge in [-0.15, -0.1) is 0 Å². The Hall–Kier alpha value is -2.15. The second kappa shape index (κ2) is 9.21. The largest absolute Gasteiger partial charge is 0.428 e. The number of likely N-dealkylation sites (tertiary alicyclic amines) is 1. The van der Waals surface area contributed by atoms with Crippen LogP contribution in [0.3, 0.4) is 0 Å². The lowest BCUT2D eigenvalue weighted by Crippen LogP contribution is -2.61. The third kappa shape index (κ3) is 4.52. The van der Waals surface area contributed by atoms with Gasteiger partial charge in [-0.05, 0) is 29.3 Å². The van der Waals surface area contributed by atoms with Crippen LogP contribution in [0.5, 0.6) is 0 Å². The molecule has 204 valence electrons. The average molecular weight is 601 g/mol. The number of carbonyl (C=O) groups is 1. The van der Waals surface area contributed by atoms with Gasteiger partial charge in [-0.25, -0.2) is 4.39 Å². The zero-order valence-electron chi connectivity index (χ0n) is 19.0. The van der Waals surface area contributed by atoms with Gasteiger partial charge < -0.3 is 4.90 Å². The summed E-state index contributed by atoms with van der Waals surface area (Å²) in [5, 5.41) is -1.67. The van der Waals surface area contributed by atoms with Gasteiger partial charge in [-0.1, -0.05) is 47.5 Å². The SMILES string of the molecule is O=C(C1CSC1)N1CC(F)(c2ccc(C3=CC(c4cc(Cl)c(Cl)c(C(F)(F)F)c4)(C(F)(F)F)ON3)cc2)C1. The van der Waals surface area contributed by atoms with Crippen LogP contribution in [0.15, 0.2) is 42.5 Å². The molecule has 0 aromatic heterocycles. The molecule has 1 atom stereocenters. The van der Waals surface area contributed by atoms with E-state index in [0.29, 0.717) is 23.6 Å². The van der Waals surface area contributed by atoms with Crippen molar-refractivity contribution in [2.24, 2.45) is 5.92 Å². The molecule has 4 nitrogen and oxygen atoms in total. The molecule has 2 aromatic rings. The van der Waals surface area contributed by atoms with E-state index in [1.165, 1.54) is 29.2 Å². The van der Waals surface area contributed by atoms with Crippen LogP contribution in [0, 0.1) is 5.92 Å². The van der Waals surface area contributed by atoms with Crippen LogP contribution in [0.1, 0.15) is 22.3 Å². The molecule has 3 aliphatic heterocycles. The smallest absolute Gasteiger partial charge is 0.335 e. The van der Waals surface area contributed by atoms with E-state index in [9.17, 15) is 31.1 Å². The van der Waals surface area contributed by atoms with Crippen molar-refractivity contribution >= 4 is 46.6 Å². The normalized spacial score (nSPS) is 23.4. The molecule has 0 aliphatic carbocycles. The summed E-state index contributed by atoms with van der Waals surface area (Å²) in [6, 6.07) is 6.38. The Morgan fingerprint density at radius 3 is 2.18 bits per heavy atom. The summed E-state index contributed by atoms with van der Waals surface area (Å²) >= 11 is 13.0. The first-order valence-corrected chi connectivity index (χ1v) is 13.0. The van der Waals surface area contributed by atoms with Gasteiger partial charge in [0.1, 0.15) is 0 Å². The number of amides is 1. The van der Waals surface area contributed by atoms with Crippen LogP contribution < -0.4 is 5.48 Å². The molecule has 3 heterocycles. The molecule has 1 unspecified atom stereocenters. The summed E-state index contributed by atoms with van der Waals surface area (Å²) in [6.07, 6.45) is -9.68. The Morgan fingerprint density at radius 1 is 1.03 bits per heavy atom. The maximum atomic E-state index is 15.3. The maximum Gasteiger partial charge on any atom is 0.428 e. The van der Waals surface area contributed by atoms with Gasteiger partial charge in [0.15, 0.2) is 5.67 Å². The topological polar surface area (TPSA) is 41.6 Å². The van der Waals surface area contributed by atoms with E-state index in [4.69, 9.17) is 28.0 Å². The first-order chi connectivity index (χ1) is 17.6. The number of rotatable bonds is 4. The highest BCUT2D eigenvalue weighted by Crippen LogP contribution is 2.50. The minimum atomic E-state index is -5.20. The minimum Gasteiger partial charge on any atom is -0.335 e. The summed E-state index contributed by atoms with van der Waals surface area (Å²) in [7, 11) is 0. The molecule has 3 aliphatic rings. The van der Waals surface area contributed by atoms with E-state index in [0.717, 1.165) is 0 Å². The van der Waals surface area contributed by atoms with Gasteiger partial charge in [-0.2, -0.15) is 38.1 Å². The van der Waals surface area contributed by atoms with Crippen LogP contribution in [0.25, 0.3) is 5.70 Å². The summed E-state index contributed by atoms with van der Waals surface area (Å²) in [6.45, 7) is -0.237. The Labute approximate surface area is 226 Å². The lowest BCUT2D eigenvalue weighted by molar-refractivity contribution is -0.269. The van der Waals surface area contributed by atoms with Crippen molar-refractivity contribution in [3.05, 3.63) is 74.8 Å². The van der Waals surface area contributed by atoms with Crippen LogP contribution in [0.2, 0.25) is 10.0 Å². The molecule has 0 bridgehead atoms. The summed E-state index contributed by atoms with van der Waals surface area (Å²) in [4.78, 5) is 18.6. The van der Waals surface area contributed by atoms with E-state index in [1.807, 2.05) is 0 Å². The quantitative estimate of drug-likeness (QED) is 0.396. The monoisotopic (exact) mass is 600 g/mol. The van der Waals surface area contributed by atoms with Gasteiger partial charge in [0.2, 0.25) is 11.5 Å². The molecule has 38 heavy (non-hydrogen) atoms. The molecule has 0 saturated carbocycles. The van der Waals surface area contributed by atoms with Crippen molar-refractivity contribution in [2.45, 2.75) is 23.6 Å². The van der Waals surface area contributed by atoms with Gasteiger partial charge >= 0.3 is 12.4 Å². The van der Waals surface area contributed by atoms with Crippen LogP contribution >= 0.6 is 35.0 Å². The first-order valence-electron chi connectivity index (χ1n) is 11.1. The number of nitrogens with one attached hydrogen (secondary N) is 1. The third-order valence-electron chi connectivity index (χ3n) is 6.75. The van der Waals surface area contributed by atoms with E-state index < -0.39 is 44.8 Å². The van der Waals surface area contributed by atoms with Gasteiger partial charge in [0.05, 0.1) is 40.3 Å². The molecule has 0 spiro atoms. The number of thioether (sulfide) groups is 1. The second-order valence-corrected chi connectivity index (χ2v) is 11.1. The molecule has 0 radical (unpaired) electrons. The number of hydrogen-bond donors (Lipinski definition) is 1. The highest BCUT2D eigenvalue weighted by molar-refractivity contribution is 8.00. The zero-order chi connectivity index (χ0) is 27.7. The fourth-order valence-corrected chi connectivity index (χ4v) is 5.67. The van der Waals surface area contributed by atoms with Crippen molar-refractivity contribution in [3.63, 3.8) is 0 Å². The summed E-state index contributed by atoms with van der Waals surface area (Å²) < 4.78 is 98.3. The standard InChI is InChI=1S/C24H17Cl2F7N2O2S/c25-17-6-15(5-16(19(17)26)23(28,29)30)22(24(31,32)33)7-18(34-37-22)12-1-3-14(4-2-12)21(27)10-35(11-21)20(36)13-8-38-9-13/h1-7,13,34H,8-11H2. The van der Waals surface area contributed by atoms with Crippen molar-refractivity contribution in [1.29, 1.82) is 0 Å². The van der Waals surface area contributed by atoms with Crippen molar-refractivity contribution in [2.75, 3.05) is 24.6 Å². The Balaban J connectivity index is 1.42. The zero-order valence-corrected chi connectivity index (χ0v) is 21.3. The fourth-order valence-electron chi connectivity index (χ4n) is 4.48. The fraction of sp³-hybridized carbons (Fsp3) is 0.375. The van der Waals surface area contributed by atoms with Gasteiger partial charge in [0.25, 0.3) is 0 Å². The van der Waals surface area contributed by atoms with E-state index in [2.05, 4.69) is 5.48 Å². The molecule has 5 rings (SSSR count). The molecule has 1 amide bonds. The van der Waals surface area contributed by atoms with E-state index in [1.54, 1.807) is 11.8 Å². The number of benzene rings is 2. The predicted molar refractivity (Wildman–Crippen MR) is 128 cm³/mol. The number of carbonyl (C=O) groups excluding carboxylic acids is 1. The maximum absolute atomic E-state index is 15.3. The number of nitrogens with zero attached hydrogens (tertiary/aromatic N) is 1. The first kappa shape index (κ1) is 27.4. The Morgan fingerprint density at radius 2 is 1.66 bits per heavy atom. The Bertz CT molecular complexity index is 1310. The molecule has 14 heteroatoms. The van der Waals surface area contributed by atoms with Crippen LogP contribution in [0.4, 0.5) is 30.7 Å². The predicted octanol–water partition coefficient (Wildman–Crippen LogP) is 6.72. The molecular formula is C24H17Cl2F7N2O2S. The number of halogens is 9. The molecule has 2 fully saturated rings. The molecule has 1 N–H and O–H groups in total. The molecule has 2 saturated heterocycles. The molecular weight excluding hydrogens is 584 g/mol. The molecule has 2 aromatic carbocycles. The van der Waals surface area contributed by atoms with Crippen molar-refractivity contribution in [3.8, 4) is 0 Å². The van der Waals surface area contributed by atoms with E-state index >= 15 is 4.39 Å². The van der Waals surface area contributed by atoms with Crippen molar-refractivity contribution < 1.29 is 40.4 Å². The number of hydrogen-bond acceptors (Lipinski definition) is 4. The summed E-state index contributed by atoms with van der Waals surface area (Å²) in [5.74, 6) is 1.24. The van der Waals surface area contributed by atoms with Gasteiger partial charge in [0, 0.05) is 17.1 Å². The van der Waals surface area contributed by atoms with Crippen LogP contribution in [-0.4, -0.2) is 41.6 Å². The lowest BCUT2D eigenvalue weighted by atomic mass is 9.86. The lowest BCUT2D eigenvalue weighted by Gasteiger charge is -2.46. The highest BCUT2D eigenvalue weighted by atomic mass is 35.5. The van der Waals surface area contributed by atoms with Crippen molar-refractivity contribution in [1.82, 2.24) is 10.4 Å². The van der Waals surface area contributed by atoms with E-state index in [-0.39, 0.29) is 47.8 Å². The minimum absolute atomic E-state index is 0.0921. The second-order valence-electron chi connectivity index (χ2n) is 9.28. The summed E-state index contributed by atoms with van der Waals surface area (Å²) in [5.41, 5.74) is -5.24. The van der Waals surface area contributed by atoms with Gasteiger partial charge in [-0.3, -0.25) is 15.1 Å². The Kier molecular flexibility index (Phi) is 6.64. The number of alkyl halides is 7. The van der Waals surface area contributed by atoms with Crippen LogP contribution in [-0.2, 0) is 27.1 Å². The highest BCUT2D eigenvalue weighted by Gasteiger charge is 2.60.